The molecule has 0 saturated heterocycles. The van der Waals surface area contributed by atoms with Gasteiger partial charge in [-0.25, -0.2) is 0 Å². The van der Waals surface area contributed by atoms with Crippen molar-refractivity contribution in [1.29, 1.82) is 0 Å². The molecule has 160 valence electrons. The Balaban J connectivity index is 1.75. The van der Waals surface area contributed by atoms with E-state index in [1.54, 1.807) is 38.6 Å². The fraction of sp³-hybridized carbons (Fsp3) is 0.200. The Morgan fingerprint density at radius 1 is 0.806 bits per heavy atom. The Morgan fingerprint density at radius 2 is 1.52 bits per heavy atom. The van der Waals surface area contributed by atoms with Crippen LogP contribution in [-0.2, 0) is 0 Å². The Morgan fingerprint density at radius 3 is 2.19 bits per heavy atom. The van der Waals surface area contributed by atoms with E-state index in [2.05, 4.69) is 4.98 Å². The standard InChI is InChI=1S/C25H25NO5/c1-17(31-21-9-8-20(16-27)24(15-21)29-3)22-13-19(11-12-26-22)6-5-18-7-10-23(28-2)25(14-18)30-4/h5-17H,1-4H3. The lowest BCUT2D eigenvalue weighted by atomic mass is 10.1. The Labute approximate surface area is 182 Å². The Kier molecular flexibility index (Phi) is 7.27. The highest BCUT2D eigenvalue weighted by atomic mass is 16.5. The number of rotatable bonds is 9. The molecule has 31 heavy (non-hydrogen) atoms. The zero-order valence-corrected chi connectivity index (χ0v) is 18.0. The van der Waals surface area contributed by atoms with E-state index >= 15 is 0 Å². The van der Waals surface area contributed by atoms with Gasteiger partial charge >= 0.3 is 0 Å². The van der Waals surface area contributed by atoms with Gasteiger partial charge in [0.05, 0.1) is 32.6 Å². The highest BCUT2D eigenvalue weighted by Gasteiger charge is 2.11. The number of nitrogens with zero attached hydrogens (tertiary/aromatic N) is 1. The average Bonchev–Trinajstić information content (AvgIpc) is 2.82. The van der Waals surface area contributed by atoms with Gasteiger partial charge in [-0.05, 0) is 54.4 Å². The number of aldehydes is 1. The van der Waals surface area contributed by atoms with Crippen molar-refractivity contribution in [3.8, 4) is 23.0 Å². The molecule has 0 radical (unpaired) electrons. The molecule has 1 unspecified atom stereocenters. The summed E-state index contributed by atoms with van der Waals surface area (Å²) in [5.74, 6) is 2.44. The summed E-state index contributed by atoms with van der Waals surface area (Å²) < 4.78 is 21.9. The maximum absolute atomic E-state index is 11.1. The van der Waals surface area contributed by atoms with Gasteiger partial charge in [0, 0.05) is 12.3 Å². The van der Waals surface area contributed by atoms with Crippen molar-refractivity contribution in [3.63, 3.8) is 0 Å². The predicted molar refractivity (Wildman–Crippen MR) is 120 cm³/mol. The van der Waals surface area contributed by atoms with Crippen LogP contribution in [-0.4, -0.2) is 32.6 Å². The minimum absolute atomic E-state index is 0.291. The molecule has 6 nitrogen and oxygen atoms in total. The van der Waals surface area contributed by atoms with Gasteiger partial charge in [-0.2, -0.15) is 0 Å². The van der Waals surface area contributed by atoms with Crippen LogP contribution in [0.4, 0.5) is 0 Å². The second-order valence-corrected chi connectivity index (χ2v) is 6.74. The molecule has 0 fully saturated rings. The van der Waals surface area contributed by atoms with Crippen LogP contribution in [0.2, 0.25) is 0 Å². The first-order valence-electron chi connectivity index (χ1n) is 9.74. The number of methoxy groups -OCH3 is 3. The van der Waals surface area contributed by atoms with Crippen molar-refractivity contribution in [2.45, 2.75) is 13.0 Å². The van der Waals surface area contributed by atoms with E-state index < -0.39 is 0 Å². The van der Waals surface area contributed by atoms with Crippen LogP contribution in [0.5, 0.6) is 23.0 Å². The van der Waals surface area contributed by atoms with Crippen molar-refractivity contribution in [1.82, 2.24) is 4.98 Å². The van der Waals surface area contributed by atoms with Gasteiger partial charge in [0.25, 0.3) is 0 Å². The molecular formula is C25H25NO5. The minimum atomic E-state index is -0.291. The number of aromatic nitrogens is 1. The monoisotopic (exact) mass is 419 g/mol. The lowest BCUT2D eigenvalue weighted by Gasteiger charge is -2.15. The molecule has 0 aliphatic rings. The molecule has 1 aromatic heterocycles. The van der Waals surface area contributed by atoms with Gasteiger partial charge in [-0.1, -0.05) is 18.2 Å². The molecule has 0 aliphatic carbocycles. The van der Waals surface area contributed by atoms with E-state index in [4.69, 9.17) is 18.9 Å². The van der Waals surface area contributed by atoms with Gasteiger partial charge in [0.15, 0.2) is 17.8 Å². The molecule has 3 aromatic rings. The Bertz CT molecular complexity index is 1080. The minimum Gasteiger partial charge on any atom is -0.496 e. The number of benzene rings is 2. The largest absolute Gasteiger partial charge is 0.496 e. The van der Waals surface area contributed by atoms with E-state index in [0.29, 0.717) is 28.6 Å². The first-order chi connectivity index (χ1) is 15.1. The summed E-state index contributed by atoms with van der Waals surface area (Å²) in [5.41, 5.74) is 3.24. The predicted octanol–water partition coefficient (Wildman–Crippen LogP) is 5.23. The molecule has 2 aromatic carbocycles. The number of hydrogen-bond acceptors (Lipinski definition) is 6. The third kappa shape index (κ3) is 5.42. The maximum Gasteiger partial charge on any atom is 0.161 e. The summed E-state index contributed by atoms with van der Waals surface area (Å²) in [6.45, 7) is 1.92. The van der Waals surface area contributed by atoms with Gasteiger partial charge in [0.1, 0.15) is 17.6 Å². The van der Waals surface area contributed by atoms with Gasteiger partial charge in [-0.3, -0.25) is 9.78 Å². The van der Waals surface area contributed by atoms with Crippen LogP contribution in [0.1, 0.15) is 40.2 Å². The van der Waals surface area contributed by atoms with Crippen molar-refractivity contribution in [2.75, 3.05) is 21.3 Å². The molecule has 0 saturated carbocycles. The molecule has 0 aliphatic heterocycles. The lowest BCUT2D eigenvalue weighted by molar-refractivity contribution is 0.112. The zero-order valence-electron chi connectivity index (χ0n) is 18.0. The second kappa shape index (κ2) is 10.3. The molecule has 0 bridgehead atoms. The molecular weight excluding hydrogens is 394 g/mol. The highest BCUT2D eigenvalue weighted by molar-refractivity contribution is 5.79. The van der Waals surface area contributed by atoms with Crippen LogP contribution in [0.25, 0.3) is 12.2 Å². The SMILES string of the molecule is COc1cc(OC(C)c2cc(C=Cc3ccc(OC)c(OC)c3)ccn2)ccc1C=O. The zero-order chi connectivity index (χ0) is 22.2. The smallest absolute Gasteiger partial charge is 0.161 e. The summed E-state index contributed by atoms with van der Waals surface area (Å²) in [7, 11) is 4.75. The van der Waals surface area contributed by atoms with Crippen molar-refractivity contribution < 1.29 is 23.7 Å². The molecule has 0 spiro atoms. The second-order valence-electron chi connectivity index (χ2n) is 6.74. The molecule has 6 heteroatoms. The molecule has 1 atom stereocenters. The molecule has 0 amide bonds. The van der Waals surface area contributed by atoms with E-state index in [0.717, 1.165) is 23.1 Å². The maximum atomic E-state index is 11.1. The third-order valence-corrected chi connectivity index (χ3v) is 4.74. The summed E-state index contributed by atoms with van der Waals surface area (Å²) in [6, 6.07) is 14.8. The topological polar surface area (TPSA) is 66.9 Å². The molecule has 1 heterocycles. The number of carbonyl (C=O) groups is 1. The number of hydrogen-bond donors (Lipinski definition) is 0. The van der Waals surface area contributed by atoms with Gasteiger partial charge in [-0.15, -0.1) is 0 Å². The van der Waals surface area contributed by atoms with Crippen molar-refractivity contribution >= 4 is 18.4 Å². The summed E-state index contributed by atoms with van der Waals surface area (Å²) >= 11 is 0. The van der Waals surface area contributed by atoms with Crippen LogP contribution in [0.3, 0.4) is 0 Å². The molecule has 3 rings (SSSR count). The summed E-state index contributed by atoms with van der Waals surface area (Å²) in [4.78, 5) is 15.5. The fourth-order valence-electron chi connectivity index (χ4n) is 3.07. The van der Waals surface area contributed by atoms with E-state index in [1.165, 1.54) is 7.11 Å². The molecule has 0 N–H and O–H groups in total. The lowest BCUT2D eigenvalue weighted by Crippen LogP contribution is -2.06. The Hall–Kier alpha value is -3.80. The van der Waals surface area contributed by atoms with E-state index in [-0.39, 0.29) is 6.10 Å². The van der Waals surface area contributed by atoms with Crippen LogP contribution < -0.4 is 18.9 Å². The number of pyridine rings is 1. The van der Waals surface area contributed by atoms with Gasteiger partial charge < -0.3 is 18.9 Å². The average molecular weight is 419 g/mol. The summed E-state index contributed by atoms with van der Waals surface area (Å²) in [5, 5.41) is 0. The van der Waals surface area contributed by atoms with Crippen LogP contribution >= 0.6 is 0 Å². The number of ether oxygens (including phenoxy) is 4. The highest BCUT2D eigenvalue weighted by Crippen LogP contribution is 2.29. The van der Waals surface area contributed by atoms with E-state index in [1.807, 2.05) is 49.4 Å². The first kappa shape index (κ1) is 21.9. The van der Waals surface area contributed by atoms with Crippen molar-refractivity contribution in [2.24, 2.45) is 0 Å². The van der Waals surface area contributed by atoms with E-state index in [9.17, 15) is 4.79 Å². The van der Waals surface area contributed by atoms with Crippen molar-refractivity contribution in [3.05, 3.63) is 77.1 Å². The number of carbonyl (C=O) groups excluding carboxylic acids is 1. The fourth-order valence-corrected chi connectivity index (χ4v) is 3.07. The normalized spacial score (nSPS) is 11.7. The van der Waals surface area contributed by atoms with Crippen LogP contribution in [0.15, 0.2) is 54.7 Å². The summed E-state index contributed by atoms with van der Waals surface area (Å²) in [6.07, 6.45) is 6.21. The van der Waals surface area contributed by atoms with Gasteiger partial charge in [0.2, 0.25) is 0 Å². The van der Waals surface area contributed by atoms with Crippen LogP contribution in [0, 0.1) is 0 Å². The first-order valence-corrected chi connectivity index (χ1v) is 9.74. The quantitative estimate of drug-likeness (QED) is 0.443. The third-order valence-electron chi connectivity index (χ3n) is 4.74.